The fraction of sp³-hybridized carbons (Fsp3) is 0.656. The zero-order valence-corrected chi connectivity index (χ0v) is 23.3. The lowest BCUT2D eigenvalue weighted by molar-refractivity contribution is -0.154. The Labute approximate surface area is 229 Å². The minimum absolute atomic E-state index is 0.00312. The van der Waals surface area contributed by atoms with Crippen molar-refractivity contribution in [3.8, 4) is 0 Å². The second-order valence-electron chi connectivity index (χ2n) is 13.6. The molecule has 7 nitrogen and oxygen atoms in total. The molecule has 208 valence electrons. The lowest BCUT2D eigenvalue weighted by Gasteiger charge is -2.48. The van der Waals surface area contributed by atoms with E-state index in [1.807, 2.05) is 6.92 Å². The predicted octanol–water partition coefficient (Wildman–Crippen LogP) is 4.50. The van der Waals surface area contributed by atoms with Gasteiger partial charge in [-0.25, -0.2) is 4.79 Å². The Morgan fingerprint density at radius 1 is 1.18 bits per heavy atom. The second-order valence-corrected chi connectivity index (χ2v) is 13.6. The number of allylic oxidation sites excluding steroid dienone is 1. The summed E-state index contributed by atoms with van der Waals surface area (Å²) < 4.78 is 17.9. The molecule has 2 saturated heterocycles. The first-order valence-electron chi connectivity index (χ1n) is 14.5. The molecule has 1 saturated carbocycles. The van der Waals surface area contributed by atoms with Crippen LogP contribution in [0.15, 0.2) is 46.1 Å². The van der Waals surface area contributed by atoms with Crippen molar-refractivity contribution in [2.75, 3.05) is 6.61 Å². The standard InChI is InChI=1S/C32H38O7/c1-15-6-8-21-18(14-37-17(3)33)7-9-22-27(23(15)21)39-29(35)32(22)13-19-12-30(32,4)25-24(19)31(5,36)11-10-20-16(2)28(34)38-26(20)25/h6,19-20,22-23,26-27,36H,2,7-14H2,1,3-5H3/t19-,20-,22+,23-,26-,27-,30+,31-,32-/m0/s1. The van der Waals surface area contributed by atoms with Gasteiger partial charge >= 0.3 is 17.9 Å². The van der Waals surface area contributed by atoms with Gasteiger partial charge in [-0.2, -0.15) is 0 Å². The van der Waals surface area contributed by atoms with E-state index in [-0.39, 0.29) is 54.3 Å². The van der Waals surface area contributed by atoms with Crippen LogP contribution < -0.4 is 0 Å². The van der Waals surface area contributed by atoms with Crippen molar-refractivity contribution < 1.29 is 33.7 Å². The van der Waals surface area contributed by atoms with Crippen LogP contribution in [0.1, 0.15) is 72.6 Å². The molecule has 0 amide bonds. The molecule has 3 fully saturated rings. The van der Waals surface area contributed by atoms with Crippen LogP contribution in [-0.2, 0) is 28.6 Å². The van der Waals surface area contributed by atoms with Crippen molar-refractivity contribution in [2.24, 2.45) is 34.5 Å². The molecule has 39 heavy (non-hydrogen) atoms. The highest BCUT2D eigenvalue weighted by Gasteiger charge is 2.77. The average Bonchev–Trinajstić information content (AvgIpc) is 3.57. The van der Waals surface area contributed by atoms with Crippen LogP contribution in [-0.4, -0.2) is 47.4 Å². The van der Waals surface area contributed by atoms with E-state index in [2.05, 4.69) is 26.5 Å². The minimum Gasteiger partial charge on any atom is -0.461 e. The largest absolute Gasteiger partial charge is 0.461 e. The van der Waals surface area contributed by atoms with E-state index in [4.69, 9.17) is 14.2 Å². The van der Waals surface area contributed by atoms with E-state index >= 15 is 0 Å². The summed E-state index contributed by atoms with van der Waals surface area (Å²) in [6, 6.07) is 0. The summed E-state index contributed by atoms with van der Waals surface area (Å²) in [7, 11) is 0. The van der Waals surface area contributed by atoms with Crippen molar-refractivity contribution in [3.05, 3.63) is 46.1 Å². The van der Waals surface area contributed by atoms with Gasteiger partial charge < -0.3 is 19.3 Å². The highest BCUT2D eigenvalue weighted by molar-refractivity contribution is 5.92. The van der Waals surface area contributed by atoms with Gasteiger partial charge in [0.2, 0.25) is 0 Å². The van der Waals surface area contributed by atoms with Crippen molar-refractivity contribution in [3.63, 3.8) is 0 Å². The van der Waals surface area contributed by atoms with Crippen LogP contribution in [0.4, 0.5) is 0 Å². The Balaban J connectivity index is 1.34. The molecule has 9 atom stereocenters. The zero-order valence-electron chi connectivity index (χ0n) is 23.3. The number of fused-ring (bicyclic) bond motifs is 11. The fourth-order valence-corrected chi connectivity index (χ4v) is 10.2. The highest BCUT2D eigenvalue weighted by Crippen LogP contribution is 2.76. The van der Waals surface area contributed by atoms with E-state index in [0.29, 0.717) is 24.8 Å². The molecule has 2 bridgehead atoms. The molecular formula is C32H38O7. The number of carbonyl (C=O) groups excluding carboxylic acids is 3. The molecule has 0 aromatic heterocycles. The van der Waals surface area contributed by atoms with Gasteiger partial charge in [-0.05, 0) is 81.4 Å². The topological polar surface area (TPSA) is 99.1 Å². The molecule has 5 aliphatic carbocycles. The number of rotatable bonds is 2. The van der Waals surface area contributed by atoms with Crippen LogP contribution in [0.2, 0.25) is 0 Å². The maximum atomic E-state index is 14.3. The van der Waals surface area contributed by atoms with Crippen molar-refractivity contribution in [1.29, 1.82) is 0 Å². The average molecular weight is 535 g/mol. The zero-order chi connectivity index (χ0) is 27.6. The summed E-state index contributed by atoms with van der Waals surface area (Å²) in [6.07, 6.45) is 6.33. The van der Waals surface area contributed by atoms with Gasteiger partial charge in [0.15, 0.2) is 0 Å². The summed E-state index contributed by atoms with van der Waals surface area (Å²) in [6.45, 7) is 11.9. The number of ether oxygens (including phenoxy) is 3. The van der Waals surface area contributed by atoms with Crippen molar-refractivity contribution in [1.82, 2.24) is 0 Å². The summed E-state index contributed by atoms with van der Waals surface area (Å²) in [4.78, 5) is 38.7. The van der Waals surface area contributed by atoms with Crippen LogP contribution >= 0.6 is 0 Å². The van der Waals surface area contributed by atoms with E-state index < -0.39 is 22.5 Å². The van der Waals surface area contributed by atoms with E-state index in [9.17, 15) is 19.5 Å². The molecule has 0 aromatic rings. The van der Waals surface area contributed by atoms with Gasteiger partial charge in [0, 0.05) is 35.7 Å². The molecule has 1 N–H and O–H groups in total. The Morgan fingerprint density at radius 3 is 2.69 bits per heavy atom. The van der Waals surface area contributed by atoms with Crippen molar-refractivity contribution in [2.45, 2.75) is 90.4 Å². The molecule has 0 unspecified atom stereocenters. The molecule has 7 heteroatoms. The summed E-state index contributed by atoms with van der Waals surface area (Å²) in [5.74, 6) is -0.980. The van der Waals surface area contributed by atoms with Gasteiger partial charge in [0.1, 0.15) is 18.8 Å². The SMILES string of the molecule is C=C1C(=O)O[C@@H]2C3=C([C@H]4C[C@@]3(C)[C@]3(C4)C(=O)O[C@@H]4[C@H]5C(C)=CCC5=C(COC(C)=O)CC[C@H]43)[C@@](C)(O)CC[C@@H]12. The van der Waals surface area contributed by atoms with Crippen LogP contribution in [0.25, 0.3) is 0 Å². The van der Waals surface area contributed by atoms with Crippen molar-refractivity contribution >= 4 is 17.9 Å². The molecule has 0 aromatic carbocycles. The number of esters is 3. The smallest absolute Gasteiger partial charge is 0.334 e. The molecule has 2 heterocycles. The Hall–Kier alpha value is -2.67. The third kappa shape index (κ3) is 3.06. The highest BCUT2D eigenvalue weighted by atomic mass is 16.6. The van der Waals surface area contributed by atoms with Crippen LogP contribution in [0.5, 0.6) is 0 Å². The van der Waals surface area contributed by atoms with E-state index in [1.165, 1.54) is 18.1 Å². The third-order valence-corrected chi connectivity index (χ3v) is 11.8. The lowest BCUT2D eigenvalue weighted by atomic mass is 9.53. The van der Waals surface area contributed by atoms with E-state index in [0.717, 1.165) is 42.4 Å². The molecule has 0 radical (unpaired) electrons. The Bertz CT molecular complexity index is 1330. The Morgan fingerprint density at radius 2 is 1.95 bits per heavy atom. The number of aliphatic hydroxyl groups is 1. The first kappa shape index (κ1) is 25.3. The van der Waals surface area contributed by atoms with E-state index in [1.54, 1.807) is 0 Å². The number of carbonyl (C=O) groups is 3. The molecule has 7 rings (SSSR count). The Kier molecular flexibility index (Phi) is 5.16. The van der Waals surface area contributed by atoms with Gasteiger partial charge in [-0.15, -0.1) is 0 Å². The summed E-state index contributed by atoms with van der Waals surface area (Å²) in [5.41, 5.74) is 3.65. The van der Waals surface area contributed by atoms with Gasteiger partial charge in [0.05, 0.1) is 11.0 Å². The summed E-state index contributed by atoms with van der Waals surface area (Å²) >= 11 is 0. The third-order valence-electron chi connectivity index (χ3n) is 11.8. The molecule has 2 aliphatic heterocycles. The lowest BCUT2D eigenvalue weighted by Crippen LogP contribution is -2.50. The minimum atomic E-state index is -1.02. The number of hydrogen-bond donors (Lipinski definition) is 1. The quantitative estimate of drug-likeness (QED) is 0.241. The molecule has 1 spiro atoms. The predicted molar refractivity (Wildman–Crippen MR) is 141 cm³/mol. The fourth-order valence-electron chi connectivity index (χ4n) is 10.2. The maximum absolute atomic E-state index is 14.3. The first-order valence-corrected chi connectivity index (χ1v) is 14.5. The van der Waals surface area contributed by atoms with Crippen LogP contribution in [0.3, 0.4) is 0 Å². The molecule has 7 aliphatic rings. The van der Waals surface area contributed by atoms with Gasteiger partial charge in [0.25, 0.3) is 0 Å². The van der Waals surface area contributed by atoms with Gasteiger partial charge in [-0.1, -0.05) is 30.7 Å². The first-order chi connectivity index (χ1) is 18.4. The monoisotopic (exact) mass is 534 g/mol. The summed E-state index contributed by atoms with van der Waals surface area (Å²) in [5, 5.41) is 11.7. The number of hydrogen-bond acceptors (Lipinski definition) is 7. The van der Waals surface area contributed by atoms with Gasteiger partial charge in [-0.3, -0.25) is 9.59 Å². The molecular weight excluding hydrogens is 496 g/mol. The van der Waals surface area contributed by atoms with Crippen LogP contribution in [0, 0.1) is 34.5 Å². The maximum Gasteiger partial charge on any atom is 0.334 e. The normalized spacial score (nSPS) is 45.9. The second kappa shape index (κ2) is 7.96.